The molecule has 0 fully saturated rings. The van der Waals surface area contributed by atoms with Crippen LogP contribution in [-0.2, 0) is 20.7 Å². The molecule has 2 rings (SSSR count). The lowest BCUT2D eigenvalue weighted by Gasteiger charge is -2.26. The molecular weight excluding hydrogens is 336 g/mol. The molecular formula is C20H22O6. The quantitative estimate of drug-likeness (QED) is 0.626. The van der Waals surface area contributed by atoms with Crippen molar-refractivity contribution in [2.75, 3.05) is 6.61 Å². The minimum atomic E-state index is -2.05. The summed E-state index contributed by atoms with van der Waals surface area (Å²) in [7, 11) is 0. The number of aromatic hydroxyl groups is 1. The SMILES string of the molecule is CC(C)OCC(Cc1ccc(-c2ccccc2O)cc1)(C(=O)O)C(=O)O. The van der Waals surface area contributed by atoms with Gasteiger partial charge < -0.3 is 20.1 Å². The number of ether oxygens (including phenoxy) is 1. The molecule has 2 aromatic carbocycles. The number of rotatable bonds is 8. The van der Waals surface area contributed by atoms with Crippen LogP contribution >= 0.6 is 0 Å². The minimum Gasteiger partial charge on any atom is -0.507 e. The number of phenols is 1. The molecule has 0 aliphatic rings. The Kier molecular flexibility index (Phi) is 6.00. The van der Waals surface area contributed by atoms with Crippen LogP contribution in [0.3, 0.4) is 0 Å². The highest BCUT2D eigenvalue weighted by molar-refractivity contribution is 5.98. The second-order valence-corrected chi connectivity index (χ2v) is 6.44. The van der Waals surface area contributed by atoms with Gasteiger partial charge in [-0.25, -0.2) is 0 Å². The van der Waals surface area contributed by atoms with E-state index in [4.69, 9.17) is 4.74 Å². The number of carbonyl (C=O) groups is 2. The van der Waals surface area contributed by atoms with E-state index >= 15 is 0 Å². The van der Waals surface area contributed by atoms with E-state index < -0.39 is 24.0 Å². The Morgan fingerprint density at radius 1 is 1.00 bits per heavy atom. The second kappa shape index (κ2) is 8.01. The van der Waals surface area contributed by atoms with E-state index in [-0.39, 0.29) is 18.3 Å². The number of carboxylic acids is 2. The second-order valence-electron chi connectivity index (χ2n) is 6.44. The summed E-state index contributed by atoms with van der Waals surface area (Å²) in [5.41, 5.74) is -0.103. The predicted octanol–water partition coefficient (Wildman–Crippen LogP) is 3.18. The van der Waals surface area contributed by atoms with Crippen LogP contribution in [0.5, 0.6) is 5.75 Å². The molecule has 0 aliphatic heterocycles. The van der Waals surface area contributed by atoms with Crippen LogP contribution in [0.2, 0.25) is 0 Å². The van der Waals surface area contributed by atoms with Crippen LogP contribution in [0.4, 0.5) is 0 Å². The Hall–Kier alpha value is -2.86. The van der Waals surface area contributed by atoms with Crippen molar-refractivity contribution in [2.45, 2.75) is 26.4 Å². The van der Waals surface area contributed by atoms with E-state index in [1.54, 1.807) is 62.4 Å². The highest BCUT2D eigenvalue weighted by atomic mass is 16.5. The Morgan fingerprint density at radius 2 is 1.58 bits per heavy atom. The van der Waals surface area contributed by atoms with Gasteiger partial charge in [-0.2, -0.15) is 0 Å². The molecule has 0 saturated carbocycles. The number of benzene rings is 2. The third-order valence-electron chi connectivity index (χ3n) is 4.16. The topological polar surface area (TPSA) is 104 Å². The van der Waals surface area contributed by atoms with Crippen LogP contribution in [0, 0.1) is 5.41 Å². The van der Waals surface area contributed by atoms with Crippen molar-refractivity contribution in [3.05, 3.63) is 54.1 Å². The van der Waals surface area contributed by atoms with E-state index in [2.05, 4.69) is 0 Å². The first-order valence-corrected chi connectivity index (χ1v) is 8.22. The number of phenolic OH excluding ortho intramolecular Hbond substituents is 1. The van der Waals surface area contributed by atoms with Crippen molar-refractivity contribution in [1.82, 2.24) is 0 Å². The molecule has 2 aromatic rings. The molecule has 0 unspecified atom stereocenters. The lowest BCUT2D eigenvalue weighted by molar-refractivity contribution is -0.170. The smallest absolute Gasteiger partial charge is 0.323 e. The highest BCUT2D eigenvalue weighted by Crippen LogP contribution is 2.31. The minimum absolute atomic E-state index is 0.135. The number of hydrogen-bond acceptors (Lipinski definition) is 4. The molecule has 0 aromatic heterocycles. The van der Waals surface area contributed by atoms with Crippen molar-refractivity contribution in [3.63, 3.8) is 0 Å². The zero-order valence-electron chi connectivity index (χ0n) is 14.7. The Labute approximate surface area is 151 Å². The molecule has 6 nitrogen and oxygen atoms in total. The summed E-state index contributed by atoms with van der Waals surface area (Å²) in [5.74, 6) is -2.73. The lowest BCUT2D eigenvalue weighted by atomic mass is 9.82. The summed E-state index contributed by atoms with van der Waals surface area (Å²) in [6.07, 6.45) is -0.484. The van der Waals surface area contributed by atoms with E-state index in [9.17, 15) is 24.9 Å². The Bertz CT molecular complexity index is 765. The van der Waals surface area contributed by atoms with Gasteiger partial charge in [-0.05, 0) is 31.0 Å². The maximum atomic E-state index is 11.7. The first-order chi connectivity index (χ1) is 12.3. The maximum Gasteiger partial charge on any atom is 0.323 e. The summed E-state index contributed by atoms with van der Waals surface area (Å²) in [5, 5.41) is 29.0. The summed E-state index contributed by atoms with van der Waals surface area (Å²) in [6, 6.07) is 13.6. The molecule has 6 heteroatoms. The molecule has 3 N–H and O–H groups in total. The molecule has 0 atom stereocenters. The third kappa shape index (κ3) is 4.21. The van der Waals surface area contributed by atoms with Gasteiger partial charge in [0.2, 0.25) is 0 Å². The van der Waals surface area contributed by atoms with Crippen molar-refractivity contribution >= 4 is 11.9 Å². The number of carboxylic acid groups (broad SMARTS) is 2. The largest absolute Gasteiger partial charge is 0.507 e. The Balaban J connectivity index is 2.30. The van der Waals surface area contributed by atoms with Crippen LogP contribution in [0.15, 0.2) is 48.5 Å². The van der Waals surface area contributed by atoms with Gasteiger partial charge in [0.1, 0.15) is 5.75 Å². The van der Waals surface area contributed by atoms with Gasteiger partial charge in [0.15, 0.2) is 5.41 Å². The van der Waals surface area contributed by atoms with E-state index in [0.29, 0.717) is 11.1 Å². The molecule has 0 radical (unpaired) electrons. The van der Waals surface area contributed by atoms with Crippen LogP contribution in [0.1, 0.15) is 19.4 Å². The van der Waals surface area contributed by atoms with E-state index in [1.165, 1.54) is 0 Å². The molecule has 138 valence electrons. The van der Waals surface area contributed by atoms with Gasteiger partial charge in [0.05, 0.1) is 12.7 Å². The fraction of sp³-hybridized carbons (Fsp3) is 0.300. The fourth-order valence-corrected chi connectivity index (χ4v) is 2.59. The number of para-hydroxylation sites is 1. The van der Waals surface area contributed by atoms with Gasteiger partial charge in [-0.3, -0.25) is 9.59 Å². The average Bonchev–Trinajstić information content (AvgIpc) is 2.59. The first-order valence-electron chi connectivity index (χ1n) is 8.22. The van der Waals surface area contributed by atoms with Crippen molar-refractivity contribution < 1.29 is 29.6 Å². The number of aliphatic carboxylic acids is 2. The molecule has 0 heterocycles. The Morgan fingerprint density at radius 3 is 2.08 bits per heavy atom. The zero-order valence-corrected chi connectivity index (χ0v) is 14.7. The fourth-order valence-electron chi connectivity index (χ4n) is 2.59. The molecule has 0 aliphatic carbocycles. The molecule has 0 bridgehead atoms. The molecule has 0 spiro atoms. The van der Waals surface area contributed by atoms with Crippen molar-refractivity contribution in [2.24, 2.45) is 5.41 Å². The van der Waals surface area contributed by atoms with Crippen LogP contribution < -0.4 is 0 Å². The normalized spacial score (nSPS) is 11.5. The predicted molar refractivity (Wildman–Crippen MR) is 96.0 cm³/mol. The van der Waals surface area contributed by atoms with E-state index in [0.717, 1.165) is 5.56 Å². The van der Waals surface area contributed by atoms with Gasteiger partial charge >= 0.3 is 11.9 Å². The maximum absolute atomic E-state index is 11.7. The van der Waals surface area contributed by atoms with Crippen LogP contribution in [-0.4, -0.2) is 40.0 Å². The molecule has 26 heavy (non-hydrogen) atoms. The van der Waals surface area contributed by atoms with Gasteiger partial charge in [0, 0.05) is 12.0 Å². The molecule has 0 saturated heterocycles. The summed E-state index contributed by atoms with van der Waals surface area (Å²) < 4.78 is 5.32. The summed E-state index contributed by atoms with van der Waals surface area (Å²) >= 11 is 0. The van der Waals surface area contributed by atoms with Gasteiger partial charge in [-0.15, -0.1) is 0 Å². The van der Waals surface area contributed by atoms with Gasteiger partial charge in [-0.1, -0.05) is 42.5 Å². The van der Waals surface area contributed by atoms with E-state index in [1.807, 2.05) is 0 Å². The van der Waals surface area contributed by atoms with Gasteiger partial charge in [0.25, 0.3) is 0 Å². The lowest BCUT2D eigenvalue weighted by Crippen LogP contribution is -2.46. The molecule has 0 amide bonds. The average molecular weight is 358 g/mol. The zero-order chi connectivity index (χ0) is 19.3. The monoisotopic (exact) mass is 358 g/mol. The third-order valence-corrected chi connectivity index (χ3v) is 4.16. The summed E-state index contributed by atoms with van der Waals surface area (Å²) in [6.45, 7) is 3.02. The van der Waals surface area contributed by atoms with Crippen molar-refractivity contribution in [3.8, 4) is 16.9 Å². The standard InChI is InChI=1S/C20H22O6/c1-13(2)26-12-20(18(22)23,19(24)25)11-14-7-9-15(10-8-14)16-5-3-4-6-17(16)21/h3-10,13,21H,11-12H2,1-2H3,(H,22,23)(H,24,25). The highest BCUT2D eigenvalue weighted by Gasteiger charge is 2.47. The summed E-state index contributed by atoms with van der Waals surface area (Å²) in [4.78, 5) is 23.4. The number of hydrogen-bond donors (Lipinski definition) is 3. The first kappa shape index (κ1) is 19.5. The van der Waals surface area contributed by atoms with Crippen LogP contribution in [0.25, 0.3) is 11.1 Å². The van der Waals surface area contributed by atoms with Crippen molar-refractivity contribution in [1.29, 1.82) is 0 Å².